The van der Waals surface area contributed by atoms with Crippen LogP contribution in [0.1, 0.15) is 47.0 Å². The number of hydrogen-bond acceptors (Lipinski definition) is 3. The molecule has 1 N–H and O–H groups in total. The van der Waals surface area contributed by atoms with E-state index in [4.69, 9.17) is 9.53 Å². The van der Waals surface area contributed by atoms with Crippen LogP contribution in [0.25, 0.3) is 0 Å². The van der Waals surface area contributed by atoms with Gasteiger partial charge in [-0.1, -0.05) is 94.8 Å². The van der Waals surface area contributed by atoms with Gasteiger partial charge in [0.05, 0.1) is 0 Å². The molecule has 0 aliphatic carbocycles. The van der Waals surface area contributed by atoms with Crippen molar-refractivity contribution >= 4 is 30.4 Å². The monoisotopic (exact) mass is 398 g/mol. The van der Waals surface area contributed by atoms with Gasteiger partial charge in [-0.25, -0.2) is 0 Å². The minimum atomic E-state index is -2.88. The van der Waals surface area contributed by atoms with E-state index in [1.165, 1.54) is 0 Å². The Labute approximate surface area is 168 Å². The van der Waals surface area contributed by atoms with E-state index in [9.17, 15) is 9.59 Å². The average Bonchev–Trinajstić information content (AvgIpc) is 2.65. The van der Waals surface area contributed by atoms with E-state index in [-0.39, 0.29) is 10.8 Å². The summed E-state index contributed by atoms with van der Waals surface area (Å²) >= 11 is 0. The fourth-order valence-electron chi connectivity index (χ4n) is 3.72. The fourth-order valence-corrected chi connectivity index (χ4v) is 8.41. The highest BCUT2D eigenvalue weighted by Crippen LogP contribution is 2.38. The lowest BCUT2D eigenvalue weighted by Gasteiger charge is -2.44. The molecular formula is C23H30O4Si. The first-order chi connectivity index (χ1) is 13.2. The van der Waals surface area contributed by atoms with Crippen LogP contribution < -0.4 is 10.4 Å². The summed E-state index contributed by atoms with van der Waals surface area (Å²) in [6.07, 6.45) is 0.0145. The highest BCUT2D eigenvalue weighted by atomic mass is 28.4. The first-order valence-corrected chi connectivity index (χ1v) is 11.7. The minimum absolute atomic E-state index is 0.259. The van der Waals surface area contributed by atoms with Crippen molar-refractivity contribution in [3.8, 4) is 0 Å². The number of carbonyl (C=O) groups is 2. The van der Waals surface area contributed by atoms with E-state index in [1.807, 2.05) is 43.3 Å². The van der Waals surface area contributed by atoms with Gasteiger partial charge in [0, 0.05) is 0 Å². The van der Waals surface area contributed by atoms with Crippen LogP contribution in [-0.2, 0) is 14.0 Å². The number of aliphatic carboxylic acids is 1. The Kier molecular flexibility index (Phi) is 7.33. The molecule has 0 radical (unpaired) electrons. The highest BCUT2D eigenvalue weighted by Gasteiger charge is 2.52. The molecule has 0 fully saturated rings. The Bertz CT molecular complexity index is 742. The maximum Gasteiger partial charge on any atom is 0.310 e. The zero-order valence-electron chi connectivity index (χ0n) is 17.1. The van der Waals surface area contributed by atoms with Crippen LogP contribution in [0.2, 0.25) is 5.04 Å². The molecule has 0 heterocycles. The molecule has 2 aromatic rings. The van der Waals surface area contributed by atoms with E-state index in [0.717, 1.165) is 16.8 Å². The molecule has 28 heavy (non-hydrogen) atoms. The molecule has 4 nitrogen and oxygen atoms in total. The smallest absolute Gasteiger partial charge is 0.310 e. The third kappa shape index (κ3) is 4.78. The zero-order chi connectivity index (χ0) is 20.8. The normalized spacial score (nSPS) is 13.1. The predicted molar refractivity (Wildman–Crippen MR) is 115 cm³/mol. The number of benzene rings is 2. The molecule has 0 aliphatic heterocycles. The fraction of sp³-hybridized carbons (Fsp3) is 0.391. The van der Waals surface area contributed by atoms with Gasteiger partial charge < -0.3 is 9.53 Å². The molecule has 0 saturated carbocycles. The van der Waals surface area contributed by atoms with Crippen molar-refractivity contribution in [1.29, 1.82) is 0 Å². The largest absolute Gasteiger partial charge is 0.481 e. The van der Waals surface area contributed by atoms with E-state index < -0.39 is 26.8 Å². The van der Waals surface area contributed by atoms with E-state index in [0.29, 0.717) is 6.42 Å². The molecule has 0 aliphatic rings. The van der Waals surface area contributed by atoms with Crippen molar-refractivity contribution in [1.82, 2.24) is 0 Å². The lowest BCUT2D eigenvalue weighted by atomic mass is 10.1. The Balaban J connectivity index is 2.66. The summed E-state index contributed by atoms with van der Waals surface area (Å²) in [5.74, 6) is -1.47. The van der Waals surface area contributed by atoms with E-state index >= 15 is 0 Å². The number of Topliss-reactive ketones (excluding diaryl/α,β-unsaturated/α-hetero) is 1. The third-order valence-electron chi connectivity index (χ3n) is 4.97. The molecule has 0 bridgehead atoms. The van der Waals surface area contributed by atoms with Gasteiger partial charge >= 0.3 is 5.97 Å². The van der Waals surface area contributed by atoms with Crippen molar-refractivity contribution < 1.29 is 19.1 Å². The van der Waals surface area contributed by atoms with Crippen LogP contribution >= 0.6 is 0 Å². The number of ketones is 1. The van der Waals surface area contributed by atoms with Crippen molar-refractivity contribution in [2.45, 2.75) is 58.1 Å². The molecule has 1 atom stereocenters. The lowest BCUT2D eigenvalue weighted by Crippen LogP contribution is -2.68. The third-order valence-corrected chi connectivity index (χ3v) is 10.0. The second kappa shape index (κ2) is 9.30. The molecule has 2 aromatic carbocycles. The molecule has 0 unspecified atom stereocenters. The first-order valence-electron chi connectivity index (χ1n) is 9.75. The van der Waals surface area contributed by atoms with Gasteiger partial charge in [0.2, 0.25) is 0 Å². The standard InChI is InChI=1S/C23H30O4Si/c1-5-12-21(20(24)17-22(25)26)27-28(23(2,3)4,18-13-8-6-9-14-18)19-15-10-7-11-16-19/h6-11,13-16,21H,5,12,17H2,1-4H3,(H,25,26)/t21-/m1/s1. The Morgan fingerprint density at radius 3 is 1.79 bits per heavy atom. The number of carboxylic acid groups (broad SMARTS) is 1. The van der Waals surface area contributed by atoms with Crippen LogP contribution in [0.3, 0.4) is 0 Å². The van der Waals surface area contributed by atoms with Gasteiger partial charge in [0.1, 0.15) is 12.5 Å². The van der Waals surface area contributed by atoms with Gasteiger partial charge in [-0.05, 0) is 21.8 Å². The van der Waals surface area contributed by atoms with Gasteiger partial charge in [-0.15, -0.1) is 0 Å². The summed E-state index contributed by atoms with van der Waals surface area (Å²) in [6, 6.07) is 20.2. The Morgan fingerprint density at radius 1 is 0.964 bits per heavy atom. The quantitative estimate of drug-likeness (QED) is 0.516. The maximum absolute atomic E-state index is 12.7. The second-order valence-corrected chi connectivity index (χ2v) is 12.3. The van der Waals surface area contributed by atoms with E-state index in [2.05, 4.69) is 45.0 Å². The summed E-state index contributed by atoms with van der Waals surface area (Å²) in [5.41, 5.74) is 0. The molecule has 0 spiro atoms. The second-order valence-electron chi connectivity index (χ2n) is 8.10. The topological polar surface area (TPSA) is 63.6 Å². The van der Waals surface area contributed by atoms with Crippen molar-refractivity contribution in [3.05, 3.63) is 60.7 Å². The summed E-state index contributed by atoms with van der Waals surface area (Å²) < 4.78 is 6.80. The molecule has 0 saturated heterocycles. The van der Waals surface area contributed by atoms with Gasteiger partial charge in [-0.3, -0.25) is 9.59 Å². The maximum atomic E-state index is 12.7. The lowest BCUT2D eigenvalue weighted by molar-refractivity contribution is -0.142. The summed E-state index contributed by atoms with van der Waals surface area (Å²) in [4.78, 5) is 23.9. The van der Waals surface area contributed by atoms with Crippen LogP contribution in [0.4, 0.5) is 0 Å². The molecule has 150 valence electrons. The summed E-state index contributed by atoms with van der Waals surface area (Å²) in [6.45, 7) is 8.41. The van der Waals surface area contributed by atoms with E-state index in [1.54, 1.807) is 0 Å². The van der Waals surface area contributed by atoms with Crippen LogP contribution in [0.15, 0.2) is 60.7 Å². The van der Waals surface area contributed by atoms with Crippen molar-refractivity contribution in [2.75, 3.05) is 0 Å². The van der Waals surface area contributed by atoms with Gasteiger partial charge in [-0.2, -0.15) is 0 Å². The molecule has 0 amide bonds. The van der Waals surface area contributed by atoms with Gasteiger partial charge in [0.15, 0.2) is 5.78 Å². The molecule has 0 aromatic heterocycles. The number of hydrogen-bond donors (Lipinski definition) is 1. The number of carbonyl (C=O) groups excluding carboxylic acids is 1. The zero-order valence-corrected chi connectivity index (χ0v) is 18.1. The Morgan fingerprint density at radius 2 is 1.43 bits per heavy atom. The highest BCUT2D eigenvalue weighted by molar-refractivity contribution is 6.99. The first kappa shape index (κ1) is 22.1. The average molecular weight is 399 g/mol. The summed E-state index contributed by atoms with van der Waals surface area (Å²) in [5, 5.41) is 11.0. The SMILES string of the molecule is CCC[C@@H](O[Si](c1ccccc1)(c1ccccc1)C(C)(C)C)C(=O)CC(=O)O. The summed E-state index contributed by atoms with van der Waals surface area (Å²) in [7, 11) is -2.88. The predicted octanol–water partition coefficient (Wildman–Crippen LogP) is 3.78. The number of carboxylic acids is 1. The molecule has 2 rings (SSSR count). The number of rotatable bonds is 9. The minimum Gasteiger partial charge on any atom is -0.481 e. The molecule has 5 heteroatoms. The van der Waals surface area contributed by atoms with Crippen LogP contribution in [-0.4, -0.2) is 31.3 Å². The molecular weight excluding hydrogens is 368 g/mol. The van der Waals surface area contributed by atoms with Crippen molar-refractivity contribution in [3.63, 3.8) is 0 Å². The van der Waals surface area contributed by atoms with Crippen molar-refractivity contribution in [2.24, 2.45) is 0 Å². The van der Waals surface area contributed by atoms with Crippen LogP contribution in [0.5, 0.6) is 0 Å². The van der Waals surface area contributed by atoms with Gasteiger partial charge in [0.25, 0.3) is 8.32 Å². The Hall–Kier alpha value is -2.24. The van der Waals surface area contributed by atoms with Crippen LogP contribution in [0, 0.1) is 0 Å².